The molecular formula is C21H15BrO5. The number of halogens is 1. The van der Waals surface area contributed by atoms with Crippen molar-refractivity contribution in [1.29, 1.82) is 0 Å². The molecule has 0 fully saturated rings. The molecule has 0 aliphatic rings. The zero-order valence-corrected chi connectivity index (χ0v) is 16.3. The third-order valence-electron chi connectivity index (χ3n) is 4.43. The molecule has 0 aliphatic carbocycles. The number of esters is 1. The molecule has 0 radical (unpaired) electrons. The Hall–Kier alpha value is -2.86. The molecule has 27 heavy (non-hydrogen) atoms. The molecule has 6 heteroatoms. The molecule has 0 bridgehead atoms. The molecule has 0 atom stereocenters. The van der Waals surface area contributed by atoms with Crippen molar-refractivity contribution in [2.75, 3.05) is 0 Å². The molecule has 0 amide bonds. The number of benzene rings is 2. The predicted molar refractivity (Wildman–Crippen MR) is 105 cm³/mol. The molecule has 0 unspecified atom stereocenters. The third kappa shape index (κ3) is 3.28. The van der Waals surface area contributed by atoms with Crippen LogP contribution in [0.4, 0.5) is 0 Å². The highest BCUT2D eigenvalue weighted by atomic mass is 79.9. The number of aryl methyl sites for hydroxylation is 2. The van der Waals surface area contributed by atoms with Gasteiger partial charge in [0.2, 0.25) is 5.76 Å². The van der Waals surface area contributed by atoms with Gasteiger partial charge in [0, 0.05) is 32.4 Å². The minimum Gasteiger partial charge on any atom is -0.455 e. The van der Waals surface area contributed by atoms with Crippen LogP contribution in [0, 0.1) is 13.8 Å². The maximum Gasteiger partial charge on any atom is 0.374 e. The molecule has 2 aromatic carbocycles. The molecule has 0 saturated carbocycles. The van der Waals surface area contributed by atoms with Crippen LogP contribution in [0.15, 0.2) is 60.6 Å². The number of carbonyl (C=O) groups excluding carboxylic acids is 1. The second kappa shape index (κ2) is 6.70. The Morgan fingerprint density at radius 3 is 2.63 bits per heavy atom. The Morgan fingerprint density at radius 2 is 1.81 bits per heavy atom. The highest BCUT2D eigenvalue weighted by Crippen LogP contribution is 2.29. The van der Waals surface area contributed by atoms with Crippen LogP contribution in [-0.4, -0.2) is 5.97 Å². The first-order valence-electron chi connectivity index (χ1n) is 8.31. The summed E-state index contributed by atoms with van der Waals surface area (Å²) in [7, 11) is 0. The van der Waals surface area contributed by atoms with Gasteiger partial charge >= 0.3 is 11.6 Å². The minimum atomic E-state index is -0.576. The van der Waals surface area contributed by atoms with Crippen LogP contribution in [0.3, 0.4) is 0 Å². The van der Waals surface area contributed by atoms with Crippen LogP contribution < -0.4 is 5.63 Å². The average molecular weight is 427 g/mol. The van der Waals surface area contributed by atoms with E-state index in [1.165, 1.54) is 6.07 Å². The fraction of sp³-hybridized carbons (Fsp3) is 0.143. The largest absolute Gasteiger partial charge is 0.455 e. The summed E-state index contributed by atoms with van der Waals surface area (Å²) in [4.78, 5) is 24.3. The van der Waals surface area contributed by atoms with Crippen LogP contribution in [0.2, 0.25) is 0 Å². The zero-order chi connectivity index (χ0) is 19.1. The van der Waals surface area contributed by atoms with Crippen molar-refractivity contribution in [2.24, 2.45) is 0 Å². The summed E-state index contributed by atoms with van der Waals surface area (Å²) in [6.07, 6.45) is 0. The van der Waals surface area contributed by atoms with E-state index in [2.05, 4.69) is 15.9 Å². The summed E-state index contributed by atoms with van der Waals surface area (Å²) in [5, 5.41) is 1.58. The SMILES string of the molecule is Cc1ccc2c(COC(=O)c3oc4ccc(Br)cc4c3C)cc(=O)oc2c1. The maximum atomic E-state index is 12.5. The number of hydrogen-bond donors (Lipinski definition) is 0. The molecule has 2 aromatic heterocycles. The quantitative estimate of drug-likeness (QED) is 0.329. The van der Waals surface area contributed by atoms with Crippen molar-refractivity contribution in [3.8, 4) is 0 Å². The molecular weight excluding hydrogens is 412 g/mol. The van der Waals surface area contributed by atoms with E-state index in [4.69, 9.17) is 13.6 Å². The third-order valence-corrected chi connectivity index (χ3v) is 4.92. The predicted octanol–water partition coefficient (Wildman–Crippen LogP) is 5.28. The van der Waals surface area contributed by atoms with E-state index >= 15 is 0 Å². The van der Waals surface area contributed by atoms with Gasteiger partial charge in [0.05, 0.1) is 0 Å². The highest BCUT2D eigenvalue weighted by molar-refractivity contribution is 9.10. The molecule has 0 spiro atoms. The number of furan rings is 1. The summed E-state index contributed by atoms with van der Waals surface area (Å²) in [5.74, 6) is -0.417. The molecule has 136 valence electrons. The molecule has 0 N–H and O–H groups in total. The molecule has 4 aromatic rings. The molecule has 5 nitrogen and oxygen atoms in total. The van der Waals surface area contributed by atoms with Crippen LogP contribution >= 0.6 is 15.9 Å². The molecule has 2 heterocycles. The van der Waals surface area contributed by atoms with Crippen LogP contribution in [0.5, 0.6) is 0 Å². The van der Waals surface area contributed by atoms with E-state index in [-0.39, 0.29) is 12.4 Å². The first-order valence-corrected chi connectivity index (χ1v) is 9.11. The number of ether oxygens (including phenoxy) is 1. The summed E-state index contributed by atoms with van der Waals surface area (Å²) in [6.45, 7) is 3.67. The van der Waals surface area contributed by atoms with Crippen LogP contribution in [0.25, 0.3) is 21.9 Å². The van der Waals surface area contributed by atoms with Gasteiger partial charge in [0.15, 0.2) is 0 Å². The van der Waals surface area contributed by atoms with E-state index in [0.29, 0.717) is 22.3 Å². The summed E-state index contributed by atoms with van der Waals surface area (Å²) < 4.78 is 17.2. The molecule has 4 rings (SSSR count). The lowest BCUT2D eigenvalue weighted by atomic mass is 10.1. The summed E-state index contributed by atoms with van der Waals surface area (Å²) >= 11 is 3.41. The fourth-order valence-electron chi connectivity index (χ4n) is 3.05. The van der Waals surface area contributed by atoms with Crippen molar-refractivity contribution < 1.29 is 18.4 Å². The Kier molecular flexibility index (Phi) is 4.36. The minimum absolute atomic E-state index is 0.0514. The summed E-state index contributed by atoms with van der Waals surface area (Å²) in [5.41, 5.74) is 2.88. The van der Waals surface area contributed by atoms with E-state index < -0.39 is 11.6 Å². The first-order chi connectivity index (χ1) is 12.9. The van der Waals surface area contributed by atoms with Crippen molar-refractivity contribution in [3.63, 3.8) is 0 Å². The van der Waals surface area contributed by atoms with Gasteiger partial charge in [0.25, 0.3) is 0 Å². The van der Waals surface area contributed by atoms with E-state index in [1.807, 2.05) is 38.1 Å². The number of fused-ring (bicyclic) bond motifs is 2. The lowest BCUT2D eigenvalue weighted by Gasteiger charge is -2.07. The van der Waals surface area contributed by atoms with Crippen molar-refractivity contribution in [2.45, 2.75) is 20.5 Å². The first kappa shape index (κ1) is 17.5. The second-order valence-corrected chi connectivity index (χ2v) is 7.28. The Labute approximate surface area is 162 Å². The van der Waals surface area contributed by atoms with Crippen molar-refractivity contribution in [3.05, 3.63) is 79.8 Å². The Balaban J connectivity index is 1.64. The lowest BCUT2D eigenvalue weighted by Crippen LogP contribution is -2.08. The molecule has 0 saturated heterocycles. The molecule has 0 aliphatic heterocycles. The zero-order valence-electron chi connectivity index (χ0n) is 14.7. The van der Waals surface area contributed by atoms with Crippen LogP contribution in [0.1, 0.15) is 27.2 Å². The Morgan fingerprint density at radius 1 is 1.00 bits per heavy atom. The van der Waals surface area contributed by atoms with E-state index in [9.17, 15) is 9.59 Å². The standard InChI is InChI=1S/C21H15BrO5/c1-11-3-5-15-13(8-19(23)26-18(15)7-11)10-25-21(24)20-12(2)16-9-14(22)4-6-17(16)27-20/h3-9H,10H2,1-2H3. The van der Waals surface area contributed by atoms with Crippen LogP contribution in [-0.2, 0) is 11.3 Å². The fourth-order valence-corrected chi connectivity index (χ4v) is 3.41. The Bertz CT molecular complexity index is 1250. The maximum absolute atomic E-state index is 12.5. The number of hydrogen-bond acceptors (Lipinski definition) is 5. The van der Waals surface area contributed by atoms with Gasteiger partial charge < -0.3 is 13.6 Å². The van der Waals surface area contributed by atoms with Gasteiger partial charge in [-0.2, -0.15) is 0 Å². The van der Waals surface area contributed by atoms with Crippen molar-refractivity contribution >= 4 is 43.8 Å². The highest BCUT2D eigenvalue weighted by Gasteiger charge is 2.20. The van der Waals surface area contributed by atoms with Gasteiger partial charge in [-0.3, -0.25) is 0 Å². The van der Waals surface area contributed by atoms with Gasteiger partial charge in [-0.1, -0.05) is 28.1 Å². The van der Waals surface area contributed by atoms with E-state index in [0.717, 1.165) is 20.8 Å². The van der Waals surface area contributed by atoms with Gasteiger partial charge in [0.1, 0.15) is 17.8 Å². The average Bonchev–Trinajstić information content (AvgIpc) is 2.95. The monoisotopic (exact) mass is 426 g/mol. The number of carbonyl (C=O) groups is 1. The van der Waals surface area contributed by atoms with E-state index in [1.54, 1.807) is 12.1 Å². The van der Waals surface area contributed by atoms with Crippen molar-refractivity contribution in [1.82, 2.24) is 0 Å². The summed E-state index contributed by atoms with van der Waals surface area (Å²) in [6, 6.07) is 12.4. The lowest BCUT2D eigenvalue weighted by molar-refractivity contribution is 0.0438. The normalized spacial score (nSPS) is 11.2. The topological polar surface area (TPSA) is 69.7 Å². The van der Waals surface area contributed by atoms with Gasteiger partial charge in [-0.05, 0) is 43.7 Å². The van der Waals surface area contributed by atoms with Gasteiger partial charge in [-0.15, -0.1) is 0 Å². The smallest absolute Gasteiger partial charge is 0.374 e. The number of rotatable bonds is 3. The second-order valence-electron chi connectivity index (χ2n) is 6.36. The van der Waals surface area contributed by atoms with Gasteiger partial charge in [-0.25, -0.2) is 9.59 Å².